The summed E-state index contributed by atoms with van der Waals surface area (Å²) in [5.41, 5.74) is -3.17. The molecule has 0 heterocycles. The van der Waals surface area contributed by atoms with Crippen molar-refractivity contribution < 1.29 is 22.0 Å². The van der Waals surface area contributed by atoms with Crippen molar-refractivity contribution in [1.29, 1.82) is 0 Å². The molecule has 0 bridgehead atoms. The Labute approximate surface area is 74.3 Å². The van der Waals surface area contributed by atoms with Crippen molar-refractivity contribution in [2.75, 3.05) is 0 Å². The van der Waals surface area contributed by atoms with Gasteiger partial charge in [-0.15, -0.1) is 4.91 Å². The highest BCUT2D eigenvalue weighted by Crippen LogP contribution is 2.36. The Morgan fingerprint density at radius 2 is 1.71 bits per heavy atom. The van der Waals surface area contributed by atoms with E-state index in [2.05, 4.69) is 0 Å². The van der Waals surface area contributed by atoms with Gasteiger partial charge in [-0.2, -0.15) is 13.2 Å². The van der Waals surface area contributed by atoms with Crippen LogP contribution in [0.2, 0.25) is 0 Å². The van der Waals surface area contributed by atoms with E-state index in [1.165, 1.54) is 0 Å². The smallest absolute Gasteiger partial charge is 0.206 e. The Morgan fingerprint density at radius 3 is 2.14 bits per heavy atom. The third kappa shape index (κ3) is 1.70. The van der Waals surface area contributed by atoms with Gasteiger partial charge in [-0.1, -0.05) is 0 Å². The molecule has 2 nitrogen and oxygen atoms in total. The van der Waals surface area contributed by atoms with Gasteiger partial charge in [-0.05, 0) is 17.3 Å². The van der Waals surface area contributed by atoms with Crippen molar-refractivity contribution in [2.45, 2.75) is 6.18 Å². The fourth-order valence-electron chi connectivity index (χ4n) is 0.872. The molecule has 0 fully saturated rings. The van der Waals surface area contributed by atoms with E-state index < -0.39 is 29.1 Å². The molecule has 1 aromatic carbocycles. The largest absolute Gasteiger partial charge is 0.422 e. The highest BCUT2D eigenvalue weighted by Gasteiger charge is 2.38. The summed E-state index contributed by atoms with van der Waals surface area (Å²) in [6, 6.07) is 0.871. The molecule has 0 aliphatic carbocycles. The number of nitroso groups, excluding NO2 is 1. The van der Waals surface area contributed by atoms with Gasteiger partial charge in [0.05, 0.1) is 0 Å². The van der Waals surface area contributed by atoms with Gasteiger partial charge in [-0.3, -0.25) is 0 Å². The van der Waals surface area contributed by atoms with E-state index in [4.69, 9.17) is 0 Å². The van der Waals surface area contributed by atoms with Crippen LogP contribution >= 0.6 is 0 Å². The molecule has 0 spiro atoms. The minimum absolute atomic E-state index is 0.336. The molecular weight excluding hydrogens is 209 g/mol. The lowest BCUT2D eigenvalue weighted by Crippen LogP contribution is -2.11. The Bertz CT molecular complexity index is 373. The van der Waals surface area contributed by atoms with Gasteiger partial charge in [0.2, 0.25) is 0 Å². The average molecular weight is 211 g/mol. The van der Waals surface area contributed by atoms with Crippen LogP contribution in [0.4, 0.5) is 27.6 Å². The van der Waals surface area contributed by atoms with E-state index >= 15 is 0 Å². The summed E-state index contributed by atoms with van der Waals surface area (Å²) in [6.07, 6.45) is -5.19. The van der Waals surface area contributed by atoms with E-state index in [1.54, 1.807) is 0 Å². The molecule has 0 aromatic heterocycles. The second kappa shape index (κ2) is 3.32. The van der Waals surface area contributed by atoms with Crippen molar-refractivity contribution in [3.8, 4) is 0 Å². The van der Waals surface area contributed by atoms with Crippen LogP contribution in [0, 0.1) is 16.5 Å². The number of hydrogen-bond donors (Lipinski definition) is 0. The van der Waals surface area contributed by atoms with E-state index in [9.17, 15) is 26.9 Å². The van der Waals surface area contributed by atoms with Crippen LogP contribution < -0.4 is 0 Å². The zero-order valence-electron chi connectivity index (χ0n) is 6.40. The molecule has 1 aromatic rings. The third-order valence-corrected chi connectivity index (χ3v) is 1.45. The molecular formula is C7H2F5NO. The number of benzene rings is 1. The van der Waals surface area contributed by atoms with E-state index in [0.717, 1.165) is 0 Å². The average Bonchev–Trinajstić information content (AvgIpc) is 2.02. The molecule has 0 saturated heterocycles. The Kier molecular flexibility index (Phi) is 2.50. The summed E-state index contributed by atoms with van der Waals surface area (Å²) in [5.74, 6) is -3.77. The number of nitrogens with zero attached hydrogens (tertiary/aromatic N) is 1. The second-order valence-corrected chi connectivity index (χ2v) is 2.34. The molecule has 0 atom stereocenters. The SMILES string of the molecule is O=Nc1ccc(F)c(C(F)(F)F)c1F. The lowest BCUT2D eigenvalue weighted by atomic mass is 10.1. The molecule has 0 N–H and O–H groups in total. The minimum atomic E-state index is -5.19. The van der Waals surface area contributed by atoms with Crippen LogP contribution in [0.15, 0.2) is 17.3 Å². The molecule has 0 saturated carbocycles. The summed E-state index contributed by atoms with van der Waals surface area (Å²) in [6.45, 7) is 0. The van der Waals surface area contributed by atoms with E-state index in [-0.39, 0.29) is 0 Å². The summed E-state index contributed by atoms with van der Waals surface area (Å²) in [4.78, 5) is 9.84. The van der Waals surface area contributed by atoms with Gasteiger partial charge in [0, 0.05) is 0 Å². The molecule has 0 unspecified atom stereocenters. The van der Waals surface area contributed by atoms with E-state index in [0.29, 0.717) is 12.1 Å². The maximum atomic E-state index is 12.8. The Hall–Kier alpha value is -1.53. The molecule has 0 aliphatic rings. The van der Waals surface area contributed by atoms with Gasteiger partial charge < -0.3 is 0 Å². The lowest BCUT2D eigenvalue weighted by Gasteiger charge is -2.08. The second-order valence-electron chi connectivity index (χ2n) is 2.34. The fraction of sp³-hybridized carbons (Fsp3) is 0.143. The zero-order valence-corrected chi connectivity index (χ0v) is 6.40. The molecule has 14 heavy (non-hydrogen) atoms. The molecule has 0 amide bonds. The third-order valence-electron chi connectivity index (χ3n) is 1.45. The van der Waals surface area contributed by atoms with Gasteiger partial charge in [0.25, 0.3) is 0 Å². The number of alkyl halides is 3. The van der Waals surface area contributed by atoms with Gasteiger partial charge >= 0.3 is 6.18 Å². The van der Waals surface area contributed by atoms with Crippen molar-refractivity contribution in [3.63, 3.8) is 0 Å². The summed E-state index contributed by atoms with van der Waals surface area (Å²) in [5, 5.41) is 1.99. The lowest BCUT2D eigenvalue weighted by molar-refractivity contribution is -0.142. The fourth-order valence-corrected chi connectivity index (χ4v) is 0.872. The molecule has 1 rings (SSSR count). The summed E-state index contributed by atoms with van der Waals surface area (Å²) < 4.78 is 61.3. The normalized spacial score (nSPS) is 11.5. The first kappa shape index (κ1) is 10.6. The first-order valence-corrected chi connectivity index (χ1v) is 3.26. The van der Waals surface area contributed by atoms with E-state index in [1.807, 2.05) is 5.18 Å². The predicted octanol–water partition coefficient (Wildman–Crippen LogP) is 3.38. The van der Waals surface area contributed by atoms with Gasteiger partial charge in [0.1, 0.15) is 17.1 Å². The van der Waals surface area contributed by atoms with Crippen molar-refractivity contribution in [1.82, 2.24) is 0 Å². The predicted molar refractivity (Wildman–Crippen MR) is 36.8 cm³/mol. The van der Waals surface area contributed by atoms with Gasteiger partial charge in [0.15, 0.2) is 5.82 Å². The van der Waals surface area contributed by atoms with Crippen LogP contribution in [0.25, 0.3) is 0 Å². The van der Waals surface area contributed by atoms with Crippen LogP contribution in [0.5, 0.6) is 0 Å². The van der Waals surface area contributed by atoms with Crippen LogP contribution in [-0.2, 0) is 6.18 Å². The molecule has 7 heteroatoms. The highest BCUT2D eigenvalue weighted by atomic mass is 19.4. The molecule has 76 valence electrons. The van der Waals surface area contributed by atoms with Crippen molar-refractivity contribution >= 4 is 5.69 Å². The first-order valence-electron chi connectivity index (χ1n) is 3.26. The topological polar surface area (TPSA) is 29.4 Å². The Balaban J connectivity index is 3.48. The molecule has 0 radical (unpaired) electrons. The highest BCUT2D eigenvalue weighted by molar-refractivity contribution is 5.43. The molecule has 0 aliphatic heterocycles. The first-order chi connectivity index (χ1) is 6.38. The van der Waals surface area contributed by atoms with Crippen LogP contribution in [-0.4, -0.2) is 0 Å². The quantitative estimate of drug-likeness (QED) is 0.517. The summed E-state index contributed by atoms with van der Waals surface area (Å²) in [7, 11) is 0. The maximum Gasteiger partial charge on any atom is 0.422 e. The number of hydrogen-bond acceptors (Lipinski definition) is 2. The van der Waals surface area contributed by atoms with Crippen LogP contribution in [0.1, 0.15) is 5.56 Å². The minimum Gasteiger partial charge on any atom is -0.206 e. The van der Waals surface area contributed by atoms with Crippen molar-refractivity contribution in [2.24, 2.45) is 5.18 Å². The zero-order chi connectivity index (χ0) is 10.9. The monoisotopic (exact) mass is 211 g/mol. The standard InChI is InChI=1S/C7H2F5NO/c8-3-1-2-4(13-14)6(9)5(3)7(10,11)12/h1-2H. The van der Waals surface area contributed by atoms with Crippen LogP contribution in [0.3, 0.4) is 0 Å². The van der Waals surface area contributed by atoms with Crippen molar-refractivity contribution in [3.05, 3.63) is 34.2 Å². The van der Waals surface area contributed by atoms with Gasteiger partial charge in [-0.25, -0.2) is 8.78 Å². The summed E-state index contributed by atoms with van der Waals surface area (Å²) >= 11 is 0. The maximum absolute atomic E-state index is 12.8. The Morgan fingerprint density at radius 1 is 1.14 bits per heavy atom. The number of rotatable bonds is 1. The number of halogens is 5.